The number of thiol groups is 2. The van der Waals surface area contributed by atoms with E-state index in [1.165, 1.54) is 0 Å². The van der Waals surface area contributed by atoms with Crippen molar-refractivity contribution < 1.29 is 5.48 Å². The van der Waals surface area contributed by atoms with E-state index >= 15 is 0 Å². The molecule has 78 valence electrons. The summed E-state index contributed by atoms with van der Waals surface area (Å²) in [5, 5.41) is 0. The molecule has 0 aromatic heterocycles. The van der Waals surface area contributed by atoms with Crippen LogP contribution < -0.4 is 0 Å². The first kappa shape index (κ1) is 39.4. The molecule has 0 saturated carbocycles. The first-order valence-corrected chi connectivity index (χ1v) is 6.63. The highest BCUT2D eigenvalue weighted by atomic mass is 33.1. The Hall–Kier alpha value is 1.36. The zero-order valence-corrected chi connectivity index (χ0v) is 9.63. The van der Waals surface area contributed by atoms with Crippen LogP contribution in [0, 0.1) is 0 Å². The molecule has 0 aromatic carbocycles. The van der Waals surface area contributed by atoms with Crippen molar-refractivity contribution in [2.45, 2.75) is 14.9 Å². The second kappa shape index (κ2) is 108. The van der Waals surface area contributed by atoms with E-state index in [0.29, 0.717) is 0 Å². The van der Waals surface area contributed by atoms with E-state index in [1.54, 1.807) is 34.1 Å². The van der Waals surface area contributed by atoms with Crippen LogP contribution in [-0.4, -0.2) is 30.5 Å². The van der Waals surface area contributed by atoms with Crippen molar-refractivity contribution in [1.82, 2.24) is 0 Å². The Bertz CT molecular complexity index is 16.5. The molecular formula is C6H24OS4. The minimum atomic E-state index is 0. The molecule has 5 heteroatoms. The molecule has 0 amide bonds. The average molecular weight is 241 g/mol. The third kappa shape index (κ3) is 179. The van der Waals surface area contributed by atoms with E-state index in [9.17, 15) is 0 Å². The summed E-state index contributed by atoms with van der Waals surface area (Å²) in [7, 11) is 3.55. The molecule has 1 nitrogen and oxygen atoms in total. The van der Waals surface area contributed by atoms with Gasteiger partial charge < -0.3 is 5.48 Å². The fourth-order valence-corrected chi connectivity index (χ4v) is 0. The molecule has 0 aliphatic heterocycles. The second-order valence-corrected chi connectivity index (χ2v) is 3.00. The summed E-state index contributed by atoms with van der Waals surface area (Å²) in [5.74, 6) is 0. The molecule has 0 fully saturated rings. The van der Waals surface area contributed by atoms with E-state index in [-0.39, 0.29) is 20.3 Å². The van der Waals surface area contributed by atoms with E-state index in [1.807, 2.05) is 0 Å². The van der Waals surface area contributed by atoms with Gasteiger partial charge in [0.15, 0.2) is 0 Å². The molecule has 0 aromatic rings. The van der Waals surface area contributed by atoms with E-state index in [2.05, 4.69) is 37.8 Å². The van der Waals surface area contributed by atoms with Gasteiger partial charge in [-0.2, -0.15) is 25.3 Å². The zero-order chi connectivity index (χ0) is 7.41. The van der Waals surface area contributed by atoms with Gasteiger partial charge in [-0.05, 0) is 25.0 Å². The van der Waals surface area contributed by atoms with Crippen molar-refractivity contribution >= 4 is 46.8 Å². The molecule has 0 unspecified atom stereocenters. The van der Waals surface area contributed by atoms with E-state index < -0.39 is 0 Å². The average Bonchev–Trinajstić information content (AvgIpc) is 1.96. The molecule has 0 aliphatic rings. The molecule has 11 heavy (non-hydrogen) atoms. The summed E-state index contributed by atoms with van der Waals surface area (Å²) in [6, 6.07) is 0. The molecule has 0 spiro atoms. The Morgan fingerprint density at radius 2 is 0.818 bits per heavy atom. The monoisotopic (exact) mass is 240 g/mol. The maximum atomic E-state index is 3.53. The van der Waals surface area contributed by atoms with Crippen LogP contribution >= 0.6 is 46.8 Å². The van der Waals surface area contributed by atoms with Crippen molar-refractivity contribution in [3.63, 3.8) is 0 Å². The smallest absolute Gasteiger partial charge is 0.00793 e. The molecule has 0 radical (unpaired) electrons. The highest BCUT2D eigenvalue weighted by Crippen LogP contribution is 2.09. The van der Waals surface area contributed by atoms with Gasteiger partial charge in [0.25, 0.3) is 0 Å². The number of rotatable bonds is 1. The first-order chi connectivity index (χ1) is 3.91. The highest BCUT2D eigenvalue weighted by molar-refractivity contribution is 8.76. The fraction of sp³-hybridized carbons (Fsp3) is 1.00. The van der Waals surface area contributed by atoms with Crippen LogP contribution in [-0.2, 0) is 0 Å². The highest BCUT2D eigenvalue weighted by Gasteiger charge is 1.55. The summed E-state index contributed by atoms with van der Waals surface area (Å²) in [6.07, 6.45) is 7.51. The third-order valence-electron chi connectivity index (χ3n) is 0.167. The zero-order valence-electron chi connectivity index (χ0n) is 6.21. The van der Waals surface area contributed by atoms with Crippen LogP contribution in [0.25, 0.3) is 0 Å². The normalized spacial score (nSPS) is 3.82. The topological polar surface area (TPSA) is 31.5 Å². The summed E-state index contributed by atoms with van der Waals surface area (Å²) >= 11 is 7.06. The van der Waals surface area contributed by atoms with Crippen LogP contribution in [0.15, 0.2) is 0 Å². The van der Waals surface area contributed by atoms with Crippen LogP contribution in [0.5, 0.6) is 0 Å². The number of hydrogen-bond donors (Lipinski definition) is 2. The predicted molar refractivity (Wildman–Crippen MR) is 73.9 cm³/mol. The van der Waals surface area contributed by atoms with Crippen molar-refractivity contribution in [3.8, 4) is 0 Å². The molecule has 0 saturated heterocycles. The quantitative estimate of drug-likeness (QED) is 0.545. The maximum absolute atomic E-state index is 3.53. The van der Waals surface area contributed by atoms with Gasteiger partial charge in [-0.15, -0.1) is 0 Å². The standard InChI is InChI=1S/C2H6S2.2CH4S.2CH4.H2O/c1-3-4-2;2*1-2;;;/h1-2H3;2*2H,1H3;2*1H4;1H2. The van der Waals surface area contributed by atoms with Crippen LogP contribution in [0.2, 0.25) is 0 Å². The minimum absolute atomic E-state index is 0. The lowest BCUT2D eigenvalue weighted by Gasteiger charge is -1.69. The molecule has 0 heterocycles. The van der Waals surface area contributed by atoms with Crippen LogP contribution in [0.1, 0.15) is 14.9 Å². The SMILES string of the molecule is C.C.CS.CS.CSSC.O. The van der Waals surface area contributed by atoms with Crippen molar-refractivity contribution in [3.05, 3.63) is 0 Å². The third-order valence-corrected chi connectivity index (χ3v) is 1.50. The predicted octanol–water partition coefficient (Wildman–Crippen LogP) is 3.17. The van der Waals surface area contributed by atoms with Crippen LogP contribution in [0.4, 0.5) is 0 Å². The summed E-state index contributed by atoms with van der Waals surface area (Å²) in [6.45, 7) is 0. The van der Waals surface area contributed by atoms with Gasteiger partial charge in [0.2, 0.25) is 0 Å². The Balaban J connectivity index is -0.00000000813. The van der Waals surface area contributed by atoms with E-state index in [4.69, 9.17) is 0 Å². The van der Waals surface area contributed by atoms with Gasteiger partial charge in [0.1, 0.15) is 0 Å². The molecule has 0 bridgehead atoms. The van der Waals surface area contributed by atoms with Gasteiger partial charge in [-0.25, -0.2) is 0 Å². The lowest BCUT2D eigenvalue weighted by atomic mass is 12.0. The van der Waals surface area contributed by atoms with Crippen molar-refractivity contribution in [2.24, 2.45) is 0 Å². The Morgan fingerprint density at radius 3 is 0.818 bits per heavy atom. The molecule has 0 atom stereocenters. The second-order valence-electron chi connectivity index (χ2n) is 0.333. The minimum Gasteiger partial charge on any atom is -0.412 e. The Kier molecular flexibility index (Phi) is 387. The summed E-state index contributed by atoms with van der Waals surface area (Å²) in [4.78, 5) is 0. The maximum Gasteiger partial charge on any atom is -0.00793 e. The molecule has 0 rings (SSSR count). The Morgan fingerprint density at radius 1 is 0.727 bits per heavy atom. The van der Waals surface area contributed by atoms with Crippen LogP contribution in [0.3, 0.4) is 0 Å². The van der Waals surface area contributed by atoms with Crippen molar-refractivity contribution in [2.75, 3.05) is 25.0 Å². The number of hydrogen-bond acceptors (Lipinski definition) is 4. The van der Waals surface area contributed by atoms with Crippen molar-refractivity contribution in [1.29, 1.82) is 0 Å². The Labute approximate surface area is 92.0 Å². The van der Waals surface area contributed by atoms with Gasteiger partial charge in [-0.1, -0.05) is 36.4 Å². The largest absolute Gasteiger partial charge is 0.412 e. The lowest BCUT2D eigenvalue weighted by Crippen LogP contribution is -1.28. The fourth-order valence-electron chi connectivity index (χ4n) is 0. The van der Waals surface area contributed by atoms with E-state index in [0.717, 1.165) is 0 Å². The van der Waals surface area contributed by atoms with Gasteiger partial charge in [0, 0.05) is 0 Å². The molecular weight excluding hydrogens is 216 g/mol. The first-order valence-electron chi connectivity index (χ1n) is 1.88. The summed E-state index contributed by atoms with van der Waals surface area (Å²) in [5.41, 5.74) is 0. The van der Waals surface area contributed by atoms with Gasteiger partial charge in [-0.3, -0.25) is 0 Å². The molecule has 0 aliphatic carbocycles. The lowest BCUT2D eigenvalue weighted by molar-refractivity contribution is 0.824. The molecule has 2 N–H and O–H groups in total. The van der Waals surface area contributed by atoms with Gasteiger partial charge >= 0.3 is 0 Å². The summed E-state index contributed by atoms with van der Waals surface area (Å²) < 4.78 is 0. The van der Waals surface area contributed by atoms with Gasteiger partial charge in [0.05, 0.1) is 0 Å².